The number of nitrogens with one attached hydrogen (secondary N) is 1. The fraction of sp³-hybridized carbons (Fsp3) is 0.733. The maximum atomic E-state index is 4.63. The molecular weight excluding hydrogens is 250 g/mol. The Labute approximate surface area is 122 Å². The molecule has 1 aromatic heterocycles. The lowest BCUT2D eigenvalue weighted by atomic mass is 9.97. The Kier molecular flexibility index (Phi) is 5.59. The zero-order valence-corrected chi connectivity index (χ0v) is 13.0. The van der Waals surface area contributed by atoms with E-state index in [4.69, 9.17) is 0 Å². The smallest absolute Gasteiger partial charge is 0.149 e. The Morgan fingerprint density at radius 1 is 1.35 bits per heavy atom. The van der Waals surface area contributed by atoms with E-state index in [0.29, 0.717) is 0 Å². The number of likely N-dealkylation sites (tertiary alicyclic amines) is 1. The van der Waals surface area contributed by atoms with Gasteiger partial charge in [-0.2, -0.15) is 0 Å². The van der Waals surface area contributed by atoms with Crippen LogP contribution >= 0.6 is 0 Å². The quantitative estimate of drug-likeness (QED) is 0.862. The average Bonchev–Trinajstić information content (AvgIpc) is 2.48. The van der Waals surface area contributed by atoms with Crippen molar-refractivity contribution in [2.75, 3.05) is 50.5 Å². The zero-order chi connectivity index (χ0) is 14.4. The van der Waals surface area contributed by atoms with Crippen LogP contribution in [-0.2, 0) is 0 Å². The van der Waals surface area contributed by atoms with Crippen molar-refractivity contribution in [1.29, 1.82) is 0 Å². The minimum absolute atomic E-state index is 0.769. The van der Waals surface area contributed by atoms with Gasteiger partial charge in [0.25, 0.3) is 0 Å². The summed E-state index contributed by atoms with van der Waals surface area (Å²) in [5, 5.41) is 3.29. The monoisotopic (exact) mass is 277 g/mol. The summed E-state index contributed by atoms with van der Waals surface area (Å²) in [7, 11) is 4.32. The Hall–Kier alpha value is -1.36. The molecule has 0 radical (unpaired) electrons. The second kappa shape index (κ2) is 7.43. The molecule has 0 spiro atoms. The highest BCUT2D eigenvalue weighted by molar-refractivity contribution is 5.43. The van der Waals surface area contributed by atoms with Crippen LogP contribution in [0.25, 0.3) is 0 Å². The number of hydrogen-bond donors (Lipinski definition) is 1. The molecule has 0 aromatic carbocycles. The SMILES string of the molecule is CCCNc1cncc(N(C)CC2CCN(C)CC2)n1. The highest BCUT2D eigenvalue weighted by atomic mass is 15.2. The van der Waals surface area contributed by atoms with Gasteiger partial charge in [0.05, 0.1) is 12.4 Å². The van der Waals surface area contributed by atoms with E-state index in [1.54, 1.807) is 6.20 Å². The Morgan fingerprint density at radius 3 is 2.80 bits per heavy atom. The molecule has 1 aromatic rings. The first-order valence-electron chi connectivity index (χ1n) is 7.64. The number of aromatic nitrogens is 2. The maximum Gasteiger partial charge on any atom is 0.149 e. The molecule has 2 heterocycles. The van der Waals surface area contributed by atoms with Gasteiger partial charge in [-0.25, -0.2) is 4.98 Å². The summed E-state index contributed by atoms with van der Waals surface area (Å²) in [6.45, 7) is 6.58. The van der Waals surface area contributed by atoms with Gasteiger partial charge in [0.2, 0.25) is 0 Å². The first-order valence-corrected chi connectivity index (χ1v) is 7.64. The maximum absolute atomic E-state index is 4.63. The van der Waals surface area contributed by atoms with Crippen LogP contribution in [0.4, 0.5) is 11.6 Å². The van der Waals surface area contributed by atoms with Crippen LogP contribution in [0.5, 0.6) is 0 Å². The number of anilines is 2. The van der Waals surface area contributed by atoms with Gasteiger partial charge in [-0.15, -0.1) is 0 Å². The van der Waals surface area contributed by atoms with E-state index in [2.05, 4.69) is 46.1 Å². The molecule has 0 unspecified atom stereocenters. The Morgan fingerprint density at radius 2 is 2.10 bits per heavy atom. The van der Waals surface area contributed by atoms with Crippen LogP contribution in [0, 0.1) is 5.92 Å². The number of piperidine rings is 1. The molecular formula is C15H27N5. The summed E-state index contributed by atoms with van der Waals surface area (Å²) in [6, 6.07) is 0. The van der Waals surface area contributed by atoms with Crippen LogP contribution in [0.3, 0.4) is 0 Å². The lowest BCUT2D eigenvalue weighted by molar-refractivity contribution is 0.222. The highest BCUT2D eigenvalue weighted by Crippen LogP contribution is 2.19. The average molecular weight is 277 g/mol. The molecule has 112 valence electrons. The molecule has 20 heavy (non-hydrogen) atoms. The van der Waals surface area contributed by atoms with Gasteiger partial charge in [-0.1, -0.05) is 6.92 Å². The molecule has 0 atom stereocenters. The molecule has 0 saturated carbocycles. The van der Waals surface area contributed by atoms with Gasteiger partial charge in [-0.3, -0.25) is 4.98 Å². The van der Waals surface area contributed by atoms with Gasteiger partial charge in [0.15, 0.2) is 0 Å². The van der Waals surface area contributed by atoms with E-state index in [9.17, 15) is 0 Å². The summed E-state index contributed by atoms with van der Waals surface area (Å²) in [6.07, 6.45) is 7.30. The second-order valence-corrected chi connectivity index (χ2v) is 5.82. The molecule has 0 bridgehead atoms. The van der Waals surface area contributed by atoms with Crippen LogP contribution < -0.4 is 10.2 Å². The minimum Gasteiger partial charge on any atom is -0.369 e. The fourth-order valence-electron chi connectivity index (χ4n) is 2.60. The lowest BCUT2D eigenvalue weighted by Gasteiger charge is -2.32. The van der Waals surface area contributed by atoms with Gasteiger partial charge < -0.3 is 15.1 Å². The highest BCUT2D eigenvalue weighted by Gasteiger charge is 2.18. The molecule has 2 rings (SSSR count). The molecule has 1 N–H and O–H groups in total. The first kappa shape index (κ1) is 15.0. The van der Waals surface area contributed by atoms with E-state index in [-0.39, 0.29) is 0 Å². The Bertz CT molecular complexity index is 401. The minimum atomic E-state index is 0.769. The van der Waals surface area contributed by atoms with Crippen molar-refractivity contribution >= 4 is 11.6 Å². The summed E-state index contributed by atoms with van der Waals surface area (Å²) in [5.74, 6) is 2.61. The van der Waals surface area contributed by atoms with Crippen molar-refractivity contribution in [3.8, 4) is 0 Å². The van der Waals surface area contributed by atoms with Gasteiger partial charge in [-0.05, 0) is 45.3 Å². The second-order valence-electron chi connectivity index (χ2n) is 5.82. The largest absolute Gasteiger partial charge is 0.369 e. The van der Waals surface area contributed by atoms with Crippen LogP contribution in [0.1, 0.15) is 26.2 Å². The van der Waals surface area contributed by atoms with Crippen molar-refractivity contribution in [1.82, 2.24) is 14.9 Å². The number of hydrogen-bond acceptors (Lipinski definition) is 5. The van der Waals surface area contributed by atoms with Crippen LogP contribution in [-0.4, -0.2) is 55.1 Å². The van der Waals surface area contributed by atoms with E-state index < -0.39 is 0 Å². The molecule has 1 aliphatic rings. The standard InChI is InChI=1S/C15H27N5/c1-4-7-17-14-10-16-11-15(18-14)20(3)12-13-5-8-19(2)9-6-13/h10-11,13H,4-9,12H2,1-3H3,(H,17,18). The molecule has 0 amide bonds. The third-order valence-electron chi connectivity index (χ3n) is 3.94. The topological polar surface area (TPSA) is 44.3 Å². The molecule has 5 heteroatoms. The van der Waals surface area contributed by atoms with Crippen molar-refractivity contribution < 1.29 is 0 Å². The van der Waals surface area contributed by atoms with Gasteiger partial charge in [0, 0.05) is 20.1 Å². The predicted molar refractivity (Wildman–Crippen MR) is 84.3 cm³/mol. The molecule has 1 aliphatic heterocycles. The third kappa shape index (κ3) is 4.34. The molecule has 1 fully saturated rings. The van der Waals surface area contributed by atoms with Crippen LogP contribution in [0.15, 0.2) is 12.4 Å². The Balaban J connectivity index is 1.89. The van der Waals surface area contributed by atoms with E-state index in [1.807, 2.05) is 6.20 Å². The van der Waals surface area contributed by atoms with Crippen LogP contribution in [0.2, 0.25) is 0 Å². The molecule has 1 saturated heterocycles. The summed E-state index contributed by atoms with van der Waals surface area (Å²) in [5.41, 5.74) is 0. The predicted octanol–water partition coefficient (Wildman–Crippen LogP) is 2.08. The van der Waals surface area contributed by atoms with E-state index >= 15 is 0 Å². The molecule has 0 aliphatic carbocycles. The summed E-state index contributed by atoms with van der Waals surface area (Å²) >= 11 is 0. The third-order valence-corrected chi connectivity index (χ3v) is 3.94. The van der Waals surface area contributed by atoms with E-state index in [0.717, 1.165) is 37.1 Å². The number of rotatable bonds is 6. The van der Waals surface area contributed by atoms with Gasteiger partial charge >= 0.3 is 0 Å². The zero-order valence-electron chi connectivity index (χ0n) is 13.0. The normalized spacial score (nSPS) is 17.1. The first-order chi connectivity index (χ1) is 9.69. The fourth-order valence-corrected chi connectivity index (χ4v) is 2.60. The number of nitrogens with zero attached hydrogens (tertiary/aromatic N) is 4. The lowest BCUT2D eigenvalue weighted by Crippen LogP contribution is -2.36. The van der Waals surface area contributed by atoms with Crippen molar-refractivity contribution in [2.45, 2.75) is 26.2 Å². The van der Waals surface area contributed by atoms with Crippen molar-refractivity contribution in [3.63, 3.8) is 0 Å². The summed E-state index contributed by atoms with van der Waals surface area (Å²) < 4.78 is 0. The van der Waals surface area contributed by atoms with Gasteiger partial charge in [0.1, 0.15) is 11.6 Å². The molecule has 5 nitrogen and oxygen atoms in total. The van der Waals surface area contributed by atoms with Crippen molar-refractivity contribution in [2.24, 2.45) is 5.92 Å². The van der Waals surface area contributed by atoms with Crippen molar-refractivity contribution in [3.05, 3.63) is 12.4 Å². The van der Waals surface area contributed by atoms with E-state index in [1.165, 1.54) is 25.9 Å². The summed E-state index contributed by atoms with van der Waals surface area (Å²) in [4.78, 5) is 13.6.